The number of methoxy groups -OCH3 is 1. The van der Waals surface area contributed by atoms with Crippen molar-refractivity contribution in [3.05, 3.63) is 29.3 Å². The second kappa shape index (κ2) is 5.55. The molecule has 0 bridgehead atoms. The Hall–Kier alpha value is -1.31. The smallest absolute Gasteiger partial charge is 0.150 e. The first-order valence-corrected chi connectivity index (χ1v) is 6.80. The van der Waals surface area contributed by atoms with Crippen molar-refractivity contribution in [1.82, 2.24) is 0 Å². The maximum atomic E-state index is 11.0. The molecule has 2 heteroatoms. The van der Waals surface area contributed by atoms with E-state index in [1.807, 2.05) is 18.2 Å². The minimum atomic E-state index is 0.508. The number of carbonyl (C=O) groups excluding carboxylic acids is 1. The Morgan fingerprint density at radius 1 is 1.22 bits per heavy atom. The molecule has 1 aromatic rings. The quantitative estimate of drug-likeness (QED) is 0.752. The van der Waals surface area contributed by atoms with E-state index in [0.29, 0.717) is 17.8 Å². The number of hydrogen-bond acceptors (Lipinski definition) is 2. The van der Waals surface area contributed by atoms with Crippen molar-refractivity contribution in [3.8, 4) is 5.75 Å². The monoisotopic (exact) mass is 246 g/mol. The molecule has 98 valence electrons. The van der Waals surface area contributed by atoms with Crippen LogP contribution in [-0.2, 0) is 0 Å². The summed E-state index contributed by atoms with van der Waals surface area (Å²) in [4.78, 5) is 11.0. The molecule has 0 spiro atoms. The lowest BCUT2D eigenvalue weighted by molar-refractivity contribution is 0.112. The van der Waals surface area contributed by atoms with E-state index >= 15 is 0 Å². The van der Waals surface area contributed by atoms with Gasteiger partial charge in [0.25, 0.3) is 0 Å². The highest BCUT2D eigenvalue weighted by atomic mass is 16.5. The van der Waals surface area contributed by atoms with Gasteiger partial charge in [0.1, 0.15) is 12.0 Å². The topological polar surface area (TPSA) is 26.3 Å². The van der Waals surface area contributed by atoms with Crippen LogP contribution in [0.25, 0.3) is 0 Å². The van der Waals surface area contributed by atoms with E-state index in [0.717, 1.165) is 17.6 Å². The maximum Gasteiger partial charge on any atom is 0.150 e. The highest BCUT2D eigenvalue weighted by Crippen LogP contribution is 2.44. The second-order valence-corrected chi connectivity index (χ2v) is 5.53. The minimum Gasteiger partial charge on any atom is -0.496 e. The van der Waals surface area contributed by atoms with Crippen molar-refractivity contribution >= 4 is 6.29 Å². The van der Waals surface area contributed by atoms with E-state index in [9.17, 15) is 4.79 Å². The molecule has 1 saturated carbocycles. The largest absolute Gasteiger partial charge is 0.496 e. The lowest BCUT2D eigenvalue weighted by atomic mass is 9.70. The van der Waals surface area contributed by atoms with Gasteiger partial charge in [-0.3, -0.25) is 4.79 Å². The van der Waals surface area contributed by atoms with Gasteiger partial charge in [-0.25, -0.2) is 0 Å². The van der Waals surface area contributed by atoms with Crippen LogP contribution in [0.4, 0.5) is 0 Å². The van der Waals surface area contributed by atoms with Gasteiger partial charge in [-0.15, -0.1) is 0 Å². The highest BCUT2D eigenvalue weighted by Gasteiger charge is 2.31. The zero-order valence-corrected chi connectivity index (χ0v) is 11.5. The molecule has 2 rings (SSSR count). The van der Waals surface area contributed by atoms with E-state index in [1.165, 1.54) is 24.8 Å². The summed E-state index contributed by atoms with van der Waals surface area (Å²) in [5, 5.41) is 0. The number of benzene rings is 1. The van der Waals surface area contributed by atoms with Gasteiger partial charge in [0, 0.05) is 5.56 Å². The van der Waals surface area contributed by atoms with Crippen LogP contribution >= 0.6 is 0 Å². The van der Waals surface area contributed by atoms with Gasteiger partial charge in [-0.05, 0) is 41.5 Å². The normalized spacial score (nSPS) is 27.8. The van der Waals surface area contributed by atoms with Gasteiger partial charge in [0.2, 0.25) is 0 Å². The molecule has 1 aromatic carbocycles. The fraction of sp³-hybridized carbons (Fsp3) is 0.562. The molecule has 0 N–H and O–H groups in total. The standard InChI is InChI=1S/C16H22O2/c1-11-5-4-6-12(2)16(11)14-9-13(10-17)7-8-15(14)18-3/h7-12,16H,4-6H2,1-3H3. The van der Waals surface area contributed by atoms with Crippen LogP contribution in [0.1, 0.15) is 54.9 Å². The maximum absolute atomic E-state index is 11.0. The van der Waals surface area contributed by atoms with Crippen molar-refractivity contribution in [3.63, 3.8) is 0 Å². The lowest BCUT2D eigenvalue weighted by Crippen LogP contribution is -2.23. The molecular formula is C16H22O2. The predicted octanol–water partition coefficient (Wildman–Crippen LogP) is 4.05. The Morgan fingerprint density at radius 2 is 1.89 bits per heavy atom. The van der Waals surface area contributed by atoms with Crippen LogP contribution < -0.4 is 4.74 Å². The number of rotatable bonds is 3. The summed E-state index contributed by atoms with van der Waals surface area (Å²) in [5.41, 5.74) is 1.96. The minimum absolute atomic E-state index is 0.508. The molecule has 0 aliphatic heterocycles. The van der Waals surface area contributed by atoms with Crippen LogP contribution in [0.2, 0.25) is 0 Å². The molecule has 0 amide bonds. The van der Waals surface area contributed by atoms with Crippen molar-refractivity contribution in [2.45, 2.75) is 39.0 Å². The SMILES string of the molecule is COc1ccc(C=O)cc1C1C(C)CCCC1C. The fourth-order valence-electron chi connectivity index (χ4n) is 3.38. The highest BCUT2D eigenvalue weighted by molar-refractivity contribution is 5.75. The first-order chi connectivity index (χ1) is 8.67. The van der Waals surface area contributed by atoms with Crippen molar-refractivity contribution in [1.29, 1.82) is 0 Å². The molecule has 2 unspecified atom stereocenters. The Labute approximate surface area is 109 Å². The molecule has 0 aromatic heterocycles. The summed E-state index contributed by atoms with van der Waals surface area (Å²) >= 11 is 0. The molecule has 1 aliphatic rings. The van der Waals surface area contributed by atoms with Crippen LogP contribution in [0.3, 0.4) is 0 Å². The average molecular weight is 246 g/mol. The molecule has 1 aliphatic carbocycles. The Kier molecular flexibility index (Phi) is 4.05. The van der Waals surface area contributed by atoms with Gasteiger partial charge in [0.15, 0.2) is 0 Å². The Bertz CT molecular complexity index is 415. The first kappa shape index (κ1) is 13.1. The molecule has 2 atom stereocenters. The first-order valence-electron chi connectivity index (χ1n) is 6.80. The van der Waals surface area contributed by atoms with Gasteiger partial charge in [-0.1, -0.05) is 33.1 Å². The predicted molar refractivity (Wildman–Crippen MR) is 73.3 cm³/mol. The van der Waals surface area contributed by atoms with E-state index in [1.54, 1.807) is 7.11 Å². The zero-order valence-electron chi connectivity index (χ0n) is 11.5. The van der Waals surface area contributed by atoms with Crippen LogP contribution in [-0.4, -0.2) is 13.4 Å². The average Bonchev–Trinajstić information content (AvgIpc) is 2.38. The van der Waals surface area contributed by atoms with Crippen LogP contribution in [0.5, 0.6) is 5.75 Å². The van der Waals surface area contributed by atoms with E-state index < -0.39 is 0 Å². The molecule has 0 heterocycles. The summed E-state index contributed by atoms with van der Waals surface area (Å²) in [6.07, 6.45) is 4.77. The molecular weight excluding hydrogens is 224 g/mol. The van der Waals surface area contributed by atoms with Gasteiger partial charge < -0.3 is 4.74 Å². The molecule has 2 nitrogen and oxygen atoms in total. The van der Waals surface area contributed by atoms with Crippen LogP contribution in [0.15, 0.2) is 18.2 Å². The van der Waals surface area contributed by atoms with Crippen molar-refractivity contribution in [2.24, 2.45) is 11.8 Å². The fourth-order valence-corrected chi connectivity index (χ4v) is 3.38. The summed E-state index contributed by atoms with van der Waals surface area (Å²) in [6.45, 7) is 4.63. The number of ether oxygens (including phenoxy) is 1. The third-order valence-corrected chi connectivity index (χ3v) is 4.29. The number of hydrogen-bond donors (Lipinski definition) is 0. The molecule has 18 heavy (non-hydrogen) atoms. The summed E-state index contributed by atoms with van der Waals surface area (Å²) < 4.78 is 5.48. The third kappa shape index (κ3) is 2.43. The van der Waals surface area contributed by atoms with Crippen molar-refractivity contribution < 1.29 is 9.53 Å². The molecule has 0 saturated heterocycles. The summed E-state index contributed by atoms with van der Waals surface area (Å²) in [6, 6.07) is 5.76. The van der Waals surface area contributed by atoms with Gasteiger partial charge in [-0.2, -0.15) is 0 Å². The van der Waals surface area contributed by atoms with E-state index in [4.69, 9.17) is 4.74 Å². The summed E-state index contributed by atoms with van der Waals surface area (Å²) in [5.74, 6) is 2.74. The number of aldehydes is 1. The molecule has 1 fully saturated rings. The Balaban J connectivity index is 2.43. The lowest BCUT2D eigenvalue weighted by Gasteiger charge is -2.35. The summed E-state index contributed by atoms with van der Waals surface area (Å²) in [7, 11) is 1.71. The zero-order chi connectivity index (χ0) is 13.1. The van der Waals surface area contributed by atoms with Crippen LogP contribution in [0, 0.1) is 11.8 Å². The van der Waals surface area contributed by atoms with Crippen molar-refractivity contribution in [2.75, 3.05) is 7.11 Å². The number of carbonyl (C=O) groups is 1. The van der Waals surface area contributed by atoms with Gasteiger partial charge >= 0.3 is 0 Å². The third-order valence-electron chi connectivity index (χ3n) is 4.29. The van der Waals surface area contributed by atoms with E-state index in [-0.39, 0.29) is 0 Å². The van der Waals surface area contributed by atoms with E-state index in [2.05, 4.69) is 13.8 Å². The van der Waals surface area contributed by atoms with Gasteiger partial charge in [0.05, 0.1) is 7.11 Å². The second-order valence-electron chi connectivity index (χ2n) is 5.53. The molecule has 0 radical (unpaired) electrons. The Morgan fingerprint density at radius 3 is 2.44 bits per heavy atom.